The van der Waals surface area contributed by atoms with Crippen LogP contribution in [0.25, 0.3) is 6.08 Å². The van der Waals surface area contributed by atoms with Crippen LogP contribution in [-0.2, 0) is 4.79 Å². The summed E-state index contributed by atoms with van der Waals surface area (Å²) in [6, 6.07) is 2.72. The standard InChI is InChI=1S/C11H10N4O2/c16-10-9(14-11(17)15-10)6-4-8-7(13-5-6)2-1-3-12-8/h1-4,9,13H,5H2,(H2,14,15,16,17). The SMILES string of the molecule is O=C1NC(=O)C(C2=Cc3ncccc3NC2)N1. The Balaban J connectivity index is 1.94. The molecule has 0 aromatic carbocycles. The molecule has 0 spiro atoms. The summed E-state index contributed by atoms with van der Waals surface area (Å²) in [5, 5.41) is 7.94. The number of pyridine rings is 1. The van der Waals surface area contributed by atoms with Gasteiger partial charge < -0.3 is 10.6 Å². The number of hydrogen-bond acceptors (Lipinski definition) is 4. The van der Waals surface area contributed by atoms with Gasteiger partial charge in [-0.15, -0.1) is 0 Å². The smallest absolute Gasteiger partial charge is 0.322 e. The van der Waals surface area contributed by atoms with E-state index in [0.29, 0.717) is 6.54 Å². The van der Waals surface area contributed by atoms with Gasteiger partial charge in [0.2, 0.25) is 0 Å². The zero-order valence-electron chi connectivity index (χ0n) is 8.86. The van der Waals surface area contributed by atoms with Gasteiger partial charge in [-0.05, 0) is 23.8 Å². The van der Waals surface area contributed by atoms with Gasteiger partial charge in [-0.2, -0.15) is 0 Å². The Hall–Kier alpha value is -2.37. The van der Waals surface area contributed by atoms with Crippen LogP contribution < -0.4 is 16.0 Å². The molecule has 3 N–H and O–H groups in total. The zero-order valence-corrected chi connectivity index (χ0v) is 8.86. The predicted molar refractivity (Wildman–Crippen MR) is 61.2 cm³/mol. The molecule has 6 nitrogen and oxygen atoms in total. The molecule has 1 aromatic rings. The van der Waals surface area contributed by atoms with Crippen molar-refractivity contribution in [3.63, 3.8) is 0 Å². The fourth-order valence-electron chi connectivity index (χ4n) is 1.97. The fraction of sp³-hybridized carbons (Fsp3) is 0.182. The minimum Gasteiger partial charge on any atom is -0.379 e. The molecule has 1 fully saturated rings. The highest BCUT2D eigenvalue weighted by atomic mass is 16.2. The summed E-state index contributed by atoms with van der Waals surface area (Å²) in [5.74, 6) is -0.317. The van der Waals surface area contributed by atoms with Crippen LogP contribution in [0.4, 0.5) is 10.5 Å². The van der Waals surface area contributed by atoms with Crippen LogP contribution in [0.1, 0.15) is 5.69 Å². The van der Waals surface area contributed by atoms with Gasteiger partial charge in [0.1, 0.15) is 6.04 Å². The molecular weight excluding hydrogens is 220 g/mol. The number of amides is 3. The lowest BCUT2D eigenvalue weighted by Crippen LogP contribution is -2.34. The molecule has 0 saturated carbocycles. The molecule has 1 saturated heterocycles. The van der Waals surface area contributed by atoms with Gasteiger partial charge in [0, 0.05) is 12.7 Å². The predicted octanol–water partition coefficient (Wildman–Crippen LogP) is 0.0985. The summed E-state index contributed by atoms with van der Waals surface area (Å²) in [5.41, 5.74) is 2.52. The molecule has 0 aliphatic carbocycles. The van der Waals surface area contributed by atoms with Crippen LogP contribution in [0.3, 0.4) is 0 Å². The van der Waals surface area contributed by atoms with E-state index in [2.05, 4.69) is 20.9 Å². The van der Waals surface area contributed by atoms with Crippen LogP contribution in [0.15, 0.2) is 23.9 Å². The van der Waals surface area contributed by atoms with Crippen LogP contribution in [0, 0.1) is 0 Å². The first kappa shape index (κ1) is 9.83. The first-order valence-corrected chi connectivity index (χ1v) is 5.25. The first-order chi connectivity index (χ1) is 8.24. The van der Waals surface area contributed by atoms with Crippen molar-refractivity contribution in [1.29, 1.82) is 0 Å². The molecule has 3 heterocycles. The third-order valence-corrected chi connectivity index (χ3v) is 2.79. The van der Waals surface area contributed by atoms with E-state index in [1.807, 2.05) is 18.2 Å². The van der Waals surface area contributed by atoms with Crippen molar-refractivity contribution < 1.29 is 9.59 Å². The quantitative estimate of drug-likeness (QED) is 0.597. The summed E-state index contributed by atoms with van der Waals surface area (Å²) < 4.78 is 0. The number of anilines is 1. The molecule has 17 heavy (non-hydrogen) atoms. The lowest BCUT2D eigenvalue weighted by molar-refractivity contribution is -0.119. The second-order valence-electron chi connectivity index (χ2n) is 3.90. The average Bonchev–Trinajstić information content (AvgIpc) is 2.68. The minimum absolute atomic E-state index is 0.317. The van der Waals surface area contributed by atoms with Crippen molar-refractivity contribution in [3.8, 4) is 0 Å². The summed E-state index contributed by atoms with van der Waals surface area (Å²) in [6.07, 6.45) is 3.52. The van der Waals surface area contributed by atoms with Crippen molar-refractivity contribution in [2.24, 2.45) is 0 Å². The highest BCUT2D eigenvalue weighted by Crippen LogP contribution is 2.23. The number of carbonyl (C=O) groups is 2. The van der Waals surface area contributed by atoms with Crippen LogP contribution in [-0.4, -0.2) is 29.5 Å². The molecule has 2 aliphatic heterocycles. The normalized spacial score (nSPS) is 22.1. The lowest BCUT2D eigenvalue weighted by Gasteiger charge is -2.20. The summed E-state index contributed by atoms with van der Waals surface area (Å²) in [7, 11) is 0. The van der Waals surface area contributed by atoms with Gasteiger partial charge in [0.25, 0.3) is 5.91 Å². The Morgan fingerprint density at radius 3 is 3.00 bits per heavy atom. The van der Waals surface area contributed by atoms with Crippen molar-refractivity contribution >= 4 is 23.7 Å². The molecule has 86 valence electrons. The maximum atomic E-state index is 11.5. The van der Waals surface area contributed by atoms with Gasteiger partial charge in [-0.1, -0.05) is 0 Å². The molecule has 1 aromatic heterocycles. The van der Waals surface area contributed by atoms with E-state index < -0.39 is 12.1 Å². The van der Waals surface area contributed by atoms with Crippen molar-refractivity contribution in [2.45, 2.75) is 6.04 Å². The van der Waals surface area contributed by atoms with Crippen LogP contribution >= 0.6 is 0 Å². The average molecular weight is 230 g/mol. The molecule has 3 rings (SSSR count). The summed E-state index contributed by atoms with van der Waals surface area (Å²) in [6.45, 7) is 0.525. The van der Waals surface area contributed by atoms with Crippen molar-refractivity contribution in [3.05, 3.63) is 29.6 Å². The molecule has 0 radical (unpaired) electrons. The number of hydrogen-bond donors (Lipinski definition) is 3. The summed E-state index contributed by atoms with van der Waals surface area (Å²) >= 11 is 0. The lowest BCUT2D eigenvalue weighted by atomic mass is 10.0. The molecular formula is C11H10N4O2. The Labute approximate surface area is 97.1 Å². The maximum absolute atomic E-state index is 11.5. The van der Waals surface area contributed by atoms with E-state index in [1.165, 1.54) is 0 Å². The zero-order chi connectivity index (χ0) is 11.8. The molecule has 3 amide bonds. The maximum Gasteiger partial charge on any atom is 0.322 e. The van der Waals surface area contributed by atoms with Gasteiger partial charge in [-0.25, -0.2) is 4.79 Å². The number of urea groups is 1. The highest BCUT2D eigenvalue weighted by molar-refractivity contribution is 6.06. The van der Waals surface area contributed by atoms with Gasteiger partial charge in [-0.3, -0.25) is 15.1 Å². The molecule has 1 atom stereocenters. The highest BCUT2D eigenvalue weighted by Gasteiger charge is 2.33. The monoisotopic (exact) mass is 230 g/mol. The van der Waals surface area contributed by atoms with Gasteiger partial charge in [0.15, 0.2) is 0 Å². The number of nitrogens with one attached hydrogen (secondary N) is 3. The topological polar surface area (TPSA) is 83.1 Å². The molecule has 0 bridgehead atoms. The number of carbonyl (C=O) groups excluding carboxylic acids is 2. The minimum atomic E-state index is -0.592. The van der Waals surface area contributed by atoms with Crippen molar-refractivity contribution in [1.82, 2.24) is 15.6 Å². The Kier molecular flexibility index (Phi) is 2.07. The Morgan fingerprint density at radius 1 is 1.35 bits per heavy atom. The molecule has 6 heteroatoms. The second-order valence-corrected chi connectivity index (χ2v) is 3.90. The second kappa shape index (κ2) is 3.58. The molecule has 1 unspecified atom stereocenters. The number of fused-ring (bicyclic) bond motifs is 1. The number of nitrogens with zero attached hydrogens (tertiary/aromatic N) is 1. The number of aromatic nitrogens is 1. The number of rotatable bonds is 1. The summed E-state index contributed by atoms with van der Waals surface area (Å²) in [4.78, 5) is 26.8. The Morgan fingerprint density at radius 2 is 2.24 bits per heavy atom. The largest absolute Gasteiger partial charge is 0.379 e. The fourth-order valence-corrected chi connectivity index (χ4v) is 1.97. The van der Waals surface area contributed by atoms with E-state index >= 15 is 0 Å². The molecule has 2 aliphatic rings. The third kappa shape index (κ3) is 1.63. The van der Waals surface area contributed by atoms with Crippen LogP contribution in [0.2, 0.25) is 0 Å². The van der Waals surface area contributed by atoms with Gasteiger partial charge >= 0.3 is 6.03 Å². The third-order valence-electron chi connectivity index (χ3n) is 2.79. The Bertz CT molecular complexity index is 538. The van der Waals surface area contributed by atoms with Crippen LogP contribution in [0.5, 0.6) is 0 Å². The first-order valence-electron chi connectivity index (χ1n) is 5.25. The van der Waals surface area contributed by atoms with E-state index in [4.69, 9.17) is 0 Å². The van der Waals surface area contributed by atoms with E-state index in [-0.39, 0.29) is 5.91 Å². The van der Waals surface area contributed by atoms with Crippen molar-refractivity contribution in [2.75, 3.05) is 11.9 Å². The van der Waals surface area contributed by atoms with Gasteiger partial charge in [0.05, 0.1) is 11.4 Å². The van der Waals surface area contributed by atoms with E-state index in [1.54, 1.807) is 6.20 Å². The number of imide groups is 1. The van der Waals surface area contributed by atoms with E-state index in [9.17, 15) is 9.59 Å². The van der Waals surface area contributed by atoms with E-state index in [0.717, 1.165) is 17.0 Å².